The van der Waals surface area contributed by atoms with E-state index in [4.69, 9.17) is 8.83 Å². The summed E-state index contributed by atoms with van der Waals surface area (Å²) in [6.07, 6.45) is 0. The van der Waals surface area contributed by atoms with E-state index in [2.05, 4.69) is 0 Å². The fourth-order valence-corrected chi connectivity index (χ4v) is 7.59. The average molecular weight is 764 g/mol. The lowest BCUT2D eigenvalue weighted by Gasteiger charge is -2.10. The molecule has 232 valence electrons. The third-order valence-electron chi connectivity index (χ3n) is 6.71. The zero-order valence-electron chi connectivity index (χ0n) is 22.6. The lowest BCUT2D eigenvalue weighted by atomic mass is 10.1. The predicted octanol–water partition coefficient (Wildman–Crippen LogP) is 3.62. The second-order valence-electron chi connectivity index (χ2n) is 9.58. The average Bonchev–Trinajstić information content (AvgIpc) is 3.03. The van der Waals surface area contributed by atoms with Crippen LogP contribution in [-0.4, -0.2) is 13.0 Å². The Labute approximate surface area is 264 Å². The van der Waals surface area contributed by atoms with Crippen LogP contribution in [0.15, 0.2) is 108 Å². The van der Waals surface area contributed by atoms with Gasteiger partial charge in [0.1, 0.15) is 37.3 Å². The quantitative estimate of drug-likeness (QED) is 0.0675. The van der Waals surface area contributed by atoms with Gasteiger partial charge in [0.15, 0.2) is 30.4 Å². The molecule has 7 aromatic rings. The Balaban J connectivity index is 0.000000210. The molecular formula is C32H14F5IO7S. The summed E-state index contributed by atoms with van der Waals surface area (Å²) in [6, 6.07) is 26.2. The summed E-state index contributed by atoms with van der Waals surface area (Å²) in [5.74, 6) is -12.8. The minimum Gasteiger partial charge on any atom is -0.744 e. The summed E-state index contributed by atoms with van der Waals surface area (Å²) in [6.45, 7) is 0. The molecule has 2 heterocycles. The molecule has 0 N–H and O–H groups in total. The maximum atomic E-state index is 12.9. The highest BCUT2D eigenvalue weighted by Gasteiger charge is 2.29. The Kier molecular flexibility index (Phi) is 8.12. The number of hydrogen-bond acceptors (Lipinski definition) is 7. The van der Waals surface area contributed by atoms with E-state index in [0.717, 1.165) is 7.14 Å². The summed E-state index contributed by atoms with van der Waals surface area (Å²) in [5.41, 5.74) is 2.32. The molecule has 0 spiro atoms. The third-order valence-corrected chi connectivity index (χ3v) is 10.2. The van der Waals surface area contributed by atoms with Gasteiger partial charge in [0.2, 0.25) is 16.7 Å². The summed E-state index contributed by atoms with van der Waals surface area (Å²) < 4.78 is 107. The van der Waals surface area contributed by atoms with Gasteiger partial charge in [-0.05, 0) is 48.5 Å². The van der Waals surface area contributed by atoms with Gasteiger partial charge in [-0.15, -0.1) is 0 Å². The Morgan fingerprint density at radius 1 is 0.522 bits per heavy atom. The Morgan fingerprint density at radius 3 is 1.30 bits per heavy atom. The molecule has 0 radical (unpaired) electrons. The Bertz CT molecular complexity index is 2440. The third kappa shape index (κ3) is 5.63. The number of fused-ring (bicyclic) bond motifs is 4. The zero-order valence-corrected chi connectivity index (χ0v) is 25.6. The molecule has 0 aliphatic heterocycles. The fraction of sp³-hybridized carbons (Fsp3) is 0. The summed E-state index contributed by atoms with van der Waals surface area (Å²) in [4.78, 5) is 23.5. The van der Waals surface area contributed by atoms with E-state index < -0.39 is 65.3 Å². The van der Waals surface area contributed by atoms with Gasteiger partial charge in [0, 0.05) is 12.1 Å². The van der Waals surface area contributed by atoms with Gasteiger partial charge < -0.3 is 13.4 Å². The van der Waals surface area contributed by atoms with Crippen molar-refractivity contribution < 1.29 is 65.0 Å². The predicted molar refractivity (Wildman–Crippen MR) is 152 cm³/mol. The normalized spacial score (nSPS) is 11.7. The molecule has 0 saturated heterocycles. The zero-order chi connectivity index (χ0) is 32.9. The van der Waals surface area contributed by atoms with Crippen LogP contribution in [0.3, 0.4) is 0 Å². The van der Waals surface area contributed by atoms with Crippen LogP contribution in [0.2, 0.25) is 0 Å². The molecule has 0 atom stereocenters. The van der Waals surface area contributed by atoms with Crippen molar-refractivity contribution in [3.63, 3.8) is 0 Å². The molecule has 0 aliphatic rings. The number of rotatable bonds is 3. The van der Waals surface area contributed by atoms with Crippen molar-refractivity contribution in [2.75, 3.05) is 0 Å². The highest BCUT2D eigenvalue weighted by molar-refractivity contribution is 7.85. The summed E-state index contributed by atoms with van der Waals surface area (Å²) >= 11 is -0.596. The first kappa shape index (κ1) is 31.3. The number of para-hydroxylation sites is 2. The number of benzene rings is 5. The van der Waals surface area contributed by atoms with E-state index in [-0.39, 0.29) is 10.9 Å². The molecule has 2 aromatic heterocycles. The first-order valence-corrected chi connectivity index (χ1v) is 16.4. The smallest absolute Gasteiger partial charge is 0.357 e. The monoisotopic (exact) mass is 764 g/mol. The van der Waals surface area contributed by atoms with E-state index in [0.29, 0.717) is 43.9 Å². The van der Waals surface area contributed by atoms with Gasteiger partial charge in [0.05, 0.1) is 21.5 Å². The Morgan fingerprint density at radius 2 is 0.891 bits per heavy atom. The molecule has 0 saturated carbocycles. The first-order chi connectivity index (χ1) is 21.8. The van der Waals surface area contributed by atoms with E-state index in [1.54, 1.807) is 24.3 Å². The van der Waals surface area contributed by atoms with Crippen molar-refractivity contribution in [1.82, 2.24) is 0 Å². The van der Waals surface area contributed by atoms with Gasteiger partial charge in [-0.1, -0.05) is 24.3 Å². The summed E-state index contributed by atoms with van der Waals surface area (Å²) in [5, 5.41) is 2.34. The van der Waals surface area contributed by atoms with Crippen LogP contribution in [0, 0.1) is 36.2 Å². The van der Waals surface area contributed by atoms with Crippen molar-refractivity contribution >= 4 is 54.0 Å². The van der Waals surface area contributed by atoms with Crippen molar-refractivity contribution in [3.05, 3.63) is 142 Å². The highest BCUT2D eigenvalue weighted by atomic mass is 127. The molecule has 0 bridgehead atoms. The van der Waals surface area contributed by atoms with E-state index in [1.165, 1.54) is 0 Å². The molecule has 7 nitrogen and oxygen atoms in total. The Hall–Kier alpha value is -4.67. The standard InChI is InChI=1S/C26H14IO4.C6HF5O3S/c28-25-17-5-1-3-7-21(17)30-23-11-9-15(13-19(23)25)27-16-10-12-24-20(14-16)26(29)18-6-2-4-8-22(18)31-24;7-1-2(8)4(10)6(15(12,13)14)5(11)3(1)9/h1-14H;(H,12,13,14)/q+1;/p-1. The molecule has 0 unspecified atom stereocenters. The molecule has 46 heavy (non-hydrogen) atoms. The van der Waals surface area contributed by atoms with E-state index >= 15 is 0 Å². The van der Waals surface area contributed by atoms with E-state index in [9.17, 15) is 44.5 Å². The van der Waals surface area contributed by atoms with Crippen molar-refractivity contribution in [1.29, 1.82) is 0 Å². The maximum Gasteiger partial charge on any atom is 0.357 e. The highest BCUT2D eigenvalue weighted by Crippen LogP contribution is 2.26. The van der Waals surface area contributed by atoms with Crippen LogP contribution in [0.5, 0.6) is 0 Å². The van der Waals surface area contributed by atoms with Crippen LogP contribution >= 0.6 is 0 Å². The number of halogens is 6. The van der Waals surface area contributed by atoms with Gasteiger partial charge >= 0.3 is 21.2 Å². The van der Waals surface area contributed by atoms with Crippen LogP contribution in [0.4, 0.5) is 22.0 Å². The SMILES string of the molecule is O=S(=O)([O-])c1c(F)c(F)c(F)c(F)c1F.O=c1c2ccccc2oc2ccc([I+]c3ccc4oc5ccccc5c(=O)c4c3)cc12. The molecule has 14 heteroatoms. The van der Waals surface area contributed by atoms with Crippen molar-refractivity contribution in [3.8, 4) is 0 Å². The lowest BCUT2D eigenvalue weighted by molar-refractivity contribution is -0.597. The van der Waals surface area contributed by atoms with Gasteiger partial charge in [0.25, 0.3) is 0 Å². The molecule has 7 rings (SSSR count). The van der Waals surface area contributed by atoms with Crippen molar-refractivity contribution in [2.24, 2.45) is 0 Å². The van der Waals surface area contributed by atoms with Crippen LogP contribution in [0.1, 0.15) is 0 Å². The molecule has 0 fully saturated rings. The largest absolute Gasteiger partial charge is 0.744 e. The molecule has 0 amide bonds. The van der Waals surface area contributed by atoms with Crippen LogP contribution in [-0.2, 0) is 10.1 Å². The van der Waals surface area contributed by atoms with Gasteiger partial charge in [-0.3, -0.25) is 9.59 Å². The lowest BCUT2D eigenvalue weighted by Crippen LogP contribution is -3.61. The molecule has 0 aliphatic carbocycles. The minimum absolute atomic E-state index is 0.0201. The molecular weight excluding hydrogens is 750 g/mol. The summed E-state index contributed by atoms with van der Waals surface area (Å²) in [7, 11) is -5.77. The van der Waals surface area contributed by atoms with Gasteiger partial charge in [-0.25, -0.2) is 30.4 Å². The fourth-order valence-electron chi connectivity index (χ4n) is 4.60. The van der Waals surface area contributed by atoms with Gasteiger partial charge in [-0.2, -0.15) is 0 Å². The van der Waals surface area contributed by atoms with Crippen molar-refractivity contribution in [2.45, 2.75) is 4.90 Å². The minimum atomic E-state index is -5.77. The van der Waals surface area contributed by atoms with Crippen LogP contribution in [0.25, 0.3) is 43.9 Å². The second kappa shape index (κ2) is 11.9. The topological polar surface area (TPSA) is 118 Å². The van der Waals surface area contributed by atoms with E-state index in [1.807, 2.05) is 60.7 Å². The maximum absolute atomic E-state index is 12.9. The second-order valence-corrected chi connectivity index (χ2v) is 13.9. The van der Waals surface area contributed by atoms with Crippen LogP contribution < -0.4 is 32.1 Å². The molecule has 5 aromatic carbocycles. The first-order valence-electron chi connectivity index (χ1n) is 12.9. The number of hydrogen-bond donors (Lipinski definition) is 0.